The SMILES string of the molecule is CC1CCc2c(sc(NC(=O)c3cccc(C#N)c3)c2C(N)=O)C1. The van der Waals surface area contributed by atoms with Crippen LogP contribution in [0, 0.1) is 17.2 Å². The van der Waals surface area contributed by atoms with Crippen molar-refractivity contribution in [2.45, 2.75) is 26.2 Å². The van der Waals surface area contributed by atoms with Gasteiger partial charge in [0.25, 0.3) is 11.8 Å². The summed E-state index contributed by atoms with van der Waals surface area (Å²) in [5.41, 5.74) is 7.76. The van der Waals surface area contributed by atoms with E-state index in [1.54, 1.807) is 18.2 Å². The summed E-state index contributed by atoms with van der Waals surface area (Å²) >= 11 is 1.43. The standard InChI is InChI=1S/C18H17N3O2S/c1-10-5-6-13-14(7-10)24-18(15(13)16(20)22)21-17(23)12-4-2-3-11(8-12)9-19/h2-4,8,10H,5-7H2,1H3,(H2,20,22)(H,21,23). The molecule has 1 atom stereocenters. The number of carbonyl (C=O) groups is 2. The number of carbonyl (C=O) groups excluding carboxylic acids is 2. The van der Waals surface area contributed by atoms with Crippen molar-refractivity contribution in [3.63, 3.8) is 0 Å². The topological polar surface area (TPSA) is 96.0 Å². The third-order valence-corrected chi connectivity index (χ3v) is 5.41. The number of primary amides is 1. The number of hydrogen-bond donors (Lipinski definition) is 2. The normalized spacial score (nSPS) is 16.1. The van der Waals surface area contributed by atoms with Gasteiger partial charge in [0, 0.05) is 10.4 Å². The summed E-state index contributed by atoms with van der Waals surface area (Å²) in [5.74, 6) is -0.294. The van der Waals surface area contributed by atoms with Gasteiger partial charge in [0.15, 0.2) is 0 Å². The highest BCUT2D eigenvalue weighted by molar-refractivity contribution is 7.17. The highest BCUT2D eigenvalue weighted by atomic mass is 32.1. The Hall–Kier alpha value is -2.65. The van der Waals surface area contributed by atoms with Crippen LogP contribution in [-0.4, -0.2) is 11.8 Å². The maximum atomic E-state index is 12.5. The van der Waals surface area contributed by atoms with Crippen LogP contribution in [0.4, 0.5) is 5.00 Å². The molecule has 24 heavy (non-hydrogen) atoms. The van der Waals surface area contributed by atoms with E-state index in [0.717, 1.165) is 29.7 Å². The van der Waals surface area contributed by atoms with E-state index in [4.69, 9.17) is 11.0 Å². The molecule has 0 saturated carbocycles. The Morgan fingerprint density at radius 3 is 2.92 bits per heavy atom. The van der Waals surface area contributed by atoms with Crippen LogP contribution in [0.2, 0.25) is 0 Å². The lowest BCUT2D eigenvalue weighted by Gasteiger charge is -2.18. The molecule has 122 valence electrons. The van der Waals surface area contributed by atoms with E-state index in [9.17, 15) is 9.59 Å². The Morgan fingerprint density at radius 1 is 1.42 bits per heavy atom. The van der Waals surface area contributed by atoms with Gasteiger partial charge in [0.2, 0.25) is 0 Å². The number of thiophene rings is 1. The van der Waals surface area contributed by atoms with Crippen molar-refractivity contribution < 1.29 is 9.59 Å². The van der Waals surface area contributed by atoms with Crippen molar-refractivity contribution in [3.8, 4) is 6.07 Å². The molecule has 1 aromatic carbocycles. The molecular formula is C18H17N3O2S. The second-order valence-electron chi connectivity index (χ2n) is 6.07. The average Bonchev–Trinajstić information content (AvgIpc) is 2.91. The Kier molecular flexibility index (Phi) is 4.36. The minimum Gasteiger partial charge on any atom is -0.365 e. The van der Waals surface area contributed by atoms with Crippen molar-refractivity contribution >= 4 is 28.2 Å². The quantitative estimate of drug-likeness (QED) is 0.899. The molecule has 3 N–H and O–H groups in total. The molecule has 6 heteroatoms. The Bertz CT molecular complexity index is 864. The van der Waals surface area contributed by atoms with E-state index < -0.39 is 5.91 Å². The van der Waals surface area contributed by atoms with Gasteiger partial charge in [0.05, 0.1) is 17.2 Å². The number of anilines is 1. The molecular weight excluding hydrogens is 322 g/mol. The van der Waals surface area contributed by atoms with Gasteiger partial charge in [-0.2, -0.15) is 5.26 Å². The van der Waals surface area contributed by atoms with Crippen LogP contribution < -0.4 is 11.1 Å². The largest absolute Gasteiger partial charge is 0.365 e. The molecule has 1 aromatic heterocycles. The zero-order valence-electron chi connectivity index (χ0n) is 13.3. The second kappa shape index (κ2) is 6.46. The van der Waals surface area contributed by atoms with Gasteiger partial charge in [0.1, 0.15) is 5.00 Å². The van der Waals surface area contributed by atoms with Crippen LogP contribution in [-0.2, 0) is 12.8 Å². The number of rotatable bonds is 3. The van der Waals surface area contributed by atoms with Crippen molar-refractivity contribution in [1.29, 1.82) is 5.26 Å². The van der Waals surface area contributed by atoms with E-state index in [2.05, 4.69) is 12.2 Å². The third kappa shape index (κ3) is 3.03. The minimum atomic E-state index is -0.511. The molecule has 0 aliphatic heterocycles. The molecule has 1 unspecified atom stereocenters. The molecule has 1 aliphatic carbocycles. The summed E-state index contributed by atoms with van der Waals surface area (Å²) in [6, 6.07) is 8.46. The van der Waals surface area contributed by atoms with E-state index in [1.807, 2.05) is 6.07 Å². The fourth-order valence-electron chi connectivity index (χ4n) is 3.00. The first-order valence-electron chi connectivity index (χ1n) is 7.75. The molecule has 2 aromatic rings. The van der Waals surface area contributed by atoms with Gasteiger partial charge in [-0.15, -0.1) is 11.3 Å². The van der Waals surface area contributed by atoms with E-state index in [-0.39, 0.29) is 5.91 Å². The molecule has 1 aliphatic rings. The average molecular weight is 339 g/mol. The van der Waals surface area contributed by atoms with E-state index in [0.29, 0.717) is 27.6 Å². The summed E-state index contributed by atoms with van der Waals surface area (Å²) in [6.45, 7) is 2.18. The number of nitrogens with zero attached hydrogens (tertiary/aromatic N) is 1. The maximum Gasteiger partial charge on any atom is 0.256 e. The van der Waals surface area contributed by atoms with Gasteiger partial charge < -0.3 is 11.1 Å². The van der Waals surface area contributed by atoms with Gasteiger partial charge in [-0.3, -0.25) is 9.59 Å². The molecule has 1 heterocycles. The number of benzene rings is 1. The Labute approximate surface area is 144 Å². The maximum absolute atomic E-state index is 12.5. The third-order valence-electron chi connectivity index (χ3n) is 4.24. The molecule has 3 rings (SSSR count). The first-order chi connectivity index (χ1) is 11.5. The number of nitrogens with two attached hydrogens (primary N) is 1. The summed E-state index contributed by atoms with van der Waals surface area (Å²) in [5, 5.41) is 12.3. The van der Waals surface area contributed by atoms with E-state index >= 15 is 0 Å². The highest BCUT2D eigenvalue weighted by Crippen LogP contribution is 2.39. The molecule has 0 saturated heterocycles. The molecule has 0 bridgehead atoms. The zero-order chi connectivity index (χ0) is 17.3. The van der Waals surface area contributed by atoms with Crippen LogP contribution in [0.5, 0.6) is 0 Å². The first kappa shape index (κ1) is 16.2. The molecule has 0 fully saturated rings. The van der Waals surface area contributed by atoms with Gasteiger partial charge in [-0.05, 0) is 48.9 Å². The summed E-state index contributed by atoms with van der Waals surface area (Å²) in [7, 11) is 0. The van der Waals surface area contributed by atoms with Crippen molar-refractivity contribution in [3.05, 3.63) is 51.4 Å². The van der Waals surface area contributed by atoms with Crippen LogP contribution in [0.1, 0.15) is 50.1 Å². The van der Waals surface area contributed by atoms with Gasteiger partial charge in [-0.25, -0.2) is 0 Å². The summed E-state index contributed by atoms with van der Waals surface area (Å²) < 4.78 is 0. The minimum absolute atomic E-state index is 0.346. The smallest absolute Gasteiger partial charge is 0.256 e. The molecule has 0 spiro atoms. The van der Waals surface area contributed by atoms with Gasteiger partial charge >= 0.3 is 0 Å². The zero-order valence-corrected chi connectivity index (χ0v) is 14.1. The predicted octanol–water partition coefficient (Wildman–Crippen LogP) is 3.10. The lowest BCUT2D eigenvalue weighted by molar-refractivity contribution is 0.1000. The fourth-order valence-corrected chi connectivity index (χ4v) is 4.42. The van der Waals surface area contributed by atoms with E-state index in [1.165, 1.54) is 17.4 Å². The van der Waals surface area contributed by atoms with Crippen molar-refractivity contribution in [2.24, 2.45) is 11.7 Å². The van der Waals surface area contributed by atoms with Crippen LogP contribution in [0.25, 0.3) is 0 Å². The number of hydrogen-bond acceptors (Lipinski definition) is 4. The molecule has 2 amide bonds. The lowest BCUT2D eigenvalue weighted by atomic mass is 9.88. The molecule has 0 radical (unpaired) electrons. The summed E-state index contributed by atoms with van der Waals surface area (Å²) in [6.07, 6.45) is 2.73. The summed E-state index contributed by atoms with van der Waals surface area (Å²) in [4.78, 5) is 25.5. The monoisotopic (exact) mass is 339 g/mol. The lowest BCUT2D eigenvalue weighted by Crippen LogP contribution is -2.19. The Morgan fingerprint density at radius 2 is 2.21 bits per heavy atom. The number of fused-ring (bicyclic) bond motifs is 1. The number of amides is 2. The van der Waals surface area contributed by atoms with Crippen LogP contribution in [0.3, 0.4) is 0 Å². The van der Waals surface area contributed by atoms with Crippen LogP contribution >= 0.6 is 11.3 Å². The Balaban J connectivity index is 1.93. The van der Waals surface area contributed by atoms with Gasteiger partial charge in [-0.1, -0.05) is 13.0 Å². The number of nitriles is 1. The second-order valence-corrected chi connectivity index (χ2v) is 7.17. The van der Waals surface area contributed by atoms with Crippen molar-refractivity contribution in [2.75, 3.05) is 5.32 Å². The van der Waals surface area contributed by atoms with Crippen LogP contribution in [0.15, 0.2) is 24.3 Å². The number of nitrogens with one attached hydrogen (secondary N) is 1. The van der Waals surface area contributed by atoms with Crippen molar-refractivity contribution in [1.82, 2.24) is 0 Å². The highest BCUT2D eigenvalue weighted by Gasteiger charge is 2.27. The fraction of sp³-hybridized carbons (Fsp3) is 0.278. The predicted molar refractivity (Wildman–Crippen MR) is 93.1 cm³/mol. The molecule has 5 nitrogen and oxygen atoms in total. The first-order valence-corrected chi connectivity index (χ1v) is 8.57.